The minimum atomic E-state index is -0.942. The predicted molar refractivity (Wildman–Crippen MR) is 100 cm³/mol. The van der Waals surface area contributed by atoms with Crippen LogP contribution in [0.15, 0.2) is 65.5 Å². The number of nitro benzene ring substituents is 1. The van der Waals surface area contributed by atoms with E-state index >= 15 is 0 Å². The van der Waals surface area contributed by atoms with Crippen LogP contribution in [0.2, 0.25) is 0 Å². The molecule has 0 saturated carbocycles. The Bertz CT molecular complexity index is 1080. The summed E-state index contributed by atoms with van der Waals surface area (Å²) in [5.74, 6) is -0.910. The molecule has 3 rings (SSSR count). The van der Waals surface area contributed by atoms with E-state index in [0.717, 1.165) is 4.68 Å². The molecular formula is C19H15FN4O4. The van der Waals surface area contributed by atoms with Gasteiger partial charge in [-0.05, 0) is 49.4 Å². The van der Waals surface area contributed by atoms with Gasteiger partial charge in [-0.3, -0.25) is 19.7 Å². The molecular weight excluding hydrogens is 367 g/mol. The third kappa shape index (κ3) is 4.09. The van der Waals surface area contributed by atoms with Gasteiger partial charge in [0.1, 0.15) is 11.9 Å². The van der Waals surface area contributed by atoms with Crippen LogP contribution in [0.4, 0.5) is 15.8 Å². The Morgan fingerprint density at radius 3 is 2.36 bits per heavy atom. The molecule has 1 heterocycles. The molecule has 0 radical (unpaired) electrons. The zero-order chi connectivity index (χ0) is 20.3. The van der Waals surface area contributed by atoms with Crippen molar-refractivity contribution in [1.29, 1.82) is 0 Å². The molecule has 0 saturated heterocycles. The second-order valence-corrected chi connectivity index (χ2v) is 5.98. The molecule has 0 aliphatic heterocycles. The van der Waals surface area contributed by atoms with Crippen molar-refractivity contribution in [3.05, 3.63) is 86.9 Å². The minimum absolute atomic E-state index is 0.101. The van der Waals surface area contributed by atoms with Crippen molar-refractivity contribution >= 4 is 17.3 Å². The predicted octanol–water partition coefficient (Wildman–Crippen LogP) is 3.16. The summed E-state index contributed by atoms with van der Waals surface area (Å²) < 4.78 is 14.1. The number of hydrogen-bond donors (Lipinski definition) is 1. The topological polar surface area (TPSA) is 107 Å². The van der Waals surface area contributed by atoms with Crippen LogP contribution in [0.25, 0.3) is 11.3 Å². The van der Waals surface area contributed by atoms with Crippen LogP contribution in [0, 0.1) is 15.9 Å². The van der Waals surface area contributed by atoms with Gasteiger partial charge in [-0.25, -0.2) is 9.07 Å². The number of amides is 1. The first-order valence-electron chi connectivity index (χ1n) is 8.26. The number of non-ortho nitro benzene ring substituents is 1. The van der Waals surface area contributed by atoms with Crippen molar-refractivity contribution in [3.63, 3.8) is 0 Å². The van der Waals surface area contributed by atoms with Crippen LogP contribution >= 0.6 is 0 Å². The summed E-state index contributed by atoms with van der Waals surface area (Å²) in [7, 11) is 0. The molecule has 0 fully saturated rings. The Kier molecular flexibility index (Phi) is 5.25. The van der Waals surface area contributed by atoms with Gasteiger partial charge in [-0.15, -0.1) is 0 Å². The summed E-state index contributed by atoms with van der Waals surface area (Å²) in [6, 6.07) is 12.7. The fourth-order valence-electron chi connectivity index (χ4n) is 2.50. The molecule has 142 valence electrons. The molecule has 1 N–H and O–H groups in total. The summed E-state index contributed by atoms with van der Waals surface area (Å²) in [4.78, 5) is 34.8. The van der Waals surface area contributed by atoms with E-state index in [-0.39, 0.29) is 5.69 Å². The van der Waals surface area contributed by atoms with Crippen molar-refractivity contribution in [3.8, 4) is 11.3 Å². The van der Waals surface area contributed by atoms with Gasteiger partial charge in [0.15, 0.2) is 0 Å². The zero-order valence-corrected chi connectivity index (χ0v) is 14.7. The second-order valence-electron chi connectivity index (χ2n) is 5.98. The Labute approximate surface area is 158 Å². The van der Waals surface area contributed by atoms with E-state index < -0.39 is 28.2 Å². The fraction of sp³-hybridized carbons (Fsp3) is 0.105. The molecule has 2 aromatic carbocycles. The highest BCUT2D eigenvalue weighted by Gasteiger charge is 2.18. The molecule has 0 aliphatic carbocycles. The van der Waals surface area contributed by atoms with E-state index in [9.17, 15) is 24.1 Å². The van der Waals surface area contributed by atoms with Gasteiger partial charge in [0.25, 0.3) is 11.2 Å². The number of carbonyl (C=O) groups is 1. The van der Waals surface area contributed by atoms with Gasteiger partial charge in [0, 0.05) is 29.4 Å². The normalized spacial score (nSPS) is 11.6. The average Bonchev–Trinajstić information content (AvgIpc) is 2.69. The number of nitrogens with one attached hydrogen (secondary N) is 1. The van der Waals surface area contributed by atoms with Crippen molar-refractivity contribution in [2.75, 3.05) is 5.32 Å². The minimum Gasteiger partial charge on any atom is -0.324 e. The number of halogens is 1. The summed E-state index contributed by atoms with van der Waals surface area (Å²) >= 11 is 0. The van der Waals surface area contributed by atoms with E-state index in [0.29, 0.717) is 16.9 Å². The smallest absolute Gasteiger partial charge is 0.269 e. The lowest BCUT2D eigenvalue weighted by atomic mass is 10.1. The van der Waals surface area contributed by atoms with E-state index in [1.165, 1.54) is 67.6 Å². The molecule has 1 amide bonds. The summed E-state index contributed by atoms with van der Waals surface area (Å²) in [6.07, 6.45) is 0. The lowest BCUT2D eigenvalue weighted by Crippen LogP contribution is -2.33. The molecule has 0 bridgehead atoms. The lowest BCUT2D eigenvalue weighted by Gasteiger charge is -2.15. The maximum Gasteiger partial charge on any atom is 0.269 e. The SMILES string of the molecule is CC(C(=O)Nc1ccc([N+](=O)[O-])cc1)n1nc(-c2ccc(F)cc2)ccc1=O. The van der Waals surface area contributed by atoms with Gasteiger partial charge in [0.05, 0.1) is 10.6 Å². The highest BCUT2D eigenvalue weighted by molar-refractivity contribution is 5.93. The maximum absolute atomic E-state index is 13.1. The molecule has 8 nitrogen and oxygen atoms in total. The van der Waals surface area contributed by atoms with E-state index in [1.54, 1.807) is 0 Å². The quantitative estimate of drug-likeness (QED) is 0.539. The number of anilines is 1. The molecule has 3 aromatic rings. The van der Waals surface area contributed by atoms with Crippen LogP contribution in [0.3, 0.4) is 0 Å². The highest BCUT2D eigenvalue weighted by Crippen LogP contribution is 2.18. The van der Waals surface area contributed by atoms with Crippen molar-refractivity contribution < 1.29 is 14.1 Å². The summed E-state index contributed by atoms with van der Waals surface area (Å²) in [5.41, 5.74) is 0.783. The first-order valence-corrected chi connectivity index (χ1v) is 8.26. The number of aromatic nitrogens is 2. The van der Waals surface area contributed by atoms with Gasteiger partial charge in [0.2, 0.25) is 5.91 Å². The van der Waals surface area contributed by atoms with Gasteiger partial charge in [-0.1, -0.05) is 0 Å². The van der Waals surface area contributed by atoms with Gasteiger partial charge in [-0.2, -0.15) is 5.10 Å². The average molecular weight is 382 g/mol. The summed E-state index contributed by atoms with van der Waals surface area (Å²) in [5, 5.41) is 17.5. The van der Waals surface area contributed by atoms with Crippen molar-refractivity contribution in [2.24, 2.45) is 0 Å². The Balaban J connectivity index is 1.82. The first-order chi connectivity index (χ1) is 13.3. The van der Waals surface area contributed by atoms with E-state index in [2.05, 4.69) is 10.4 Å². The first kappa shape index (κ1) is 18.9. The number of carbonyl (C=O) groups excluding carboxylic acids is 1. The lowest BCUT2D eigenvalue weighted by molar-refractivity contribution is -0.384. The van der Waals surface area contributed by atoms with Crippen LogP contribution in [0.1, 0.15) is 13.0 Å². The second kappa shape index (κ2) is 7.78. The van der Waals surface area contributed by atoms with Gasteiger partial charge >= 0.3 is 0 Å². The molecule has 9 heteroatoms. The van der Waals surface area contributed by atoms with Crippen LogP contribution in [-0.2, 0) is 4.79 Å². The largest absolute Gasteiger partial charge is 0.324 e. The Morgan fingerprint density at radius 2 is 1.75 bits per heavy atom. The van der Waals surface area contributed by atoms with E-state index in [4.69, 9.17) is 0 Å². The standard InChI is InChI=1S/C19H15FN4O4/c1-12(19(26)21-15-6-8-16(9-7-15)24(27)28)23-18(25)11-10-17(22-23)13-2-4-14(20)5-3-13/h2-12H,1H3,(H,21,26). The highest BCUT2D eigenvalue weighted by atomic mass is 19.1. The number of nitro groups is 1. The Morgan fingerprint density at radius 1 is 1.11 bits per heavy atom. The fourth-order valence-corrected chi connectivity index (χ4v) is 2.50. The van der Waals surface area contributed by atoms with Crippen LogP contribution < -0.4 is 10.9 Å². The molecule has 1 unspecified atom stereocenters. The summed E-state index contributed by atoms with van der Waals surface area (Å²) in [6.45, 7) is 1.50. The number of rotatable bonds is 5. The molecule has 0 spiro atoms. The van der Waals surface area contributed by atoms with Crippen LogP contribution in [0.5, 0.6) is 0 Å². The van der Waals surface area contributed by atoms with Crippen LogP contribution in [-0.4, -0.2) is 20.6 Å². The number of nitrogens with zero attached hydrogens (tertiary/aromatic N) is 3. The van der Waals surface area contributed by atoms with E-state index in [1.807, 2.05) is 0 Å². The molecule has 1 atom stereocenters. The zero-order valence-electron chi connectivity index (χ0n) is 14.7. The number of hydrogen-bond acceptors (Lipinski definition) is 5. The van der Waals surface area contributed by atoms with Gasteiger partial charge < -0.3 is 5.32 Å². The Hall–Kier alpha value is -3.88. The molecule has 28 heavy (non-hydrogen) atoms. The van der Waals surface area contributed by atoms with Crippen molar-refractivity contribution in [2.45, 2.75) is 13.0 Å². The number of benzene rings is 2. The maximum atomic E-state index is 13.1. The monoisotopic (exact) mass is 382 g/mol. The third-order valence-electron chi connectivity index (χ3n) is 4.06. The van der Waals surface area contributed by atoms with Crippen molar-refractivity contribution in [1.82, 2.24) is 9.78 Å². The third-order valence-corrected chi connectivity index (χ3v) is 4.06. The molecule has 0 aliphatic rings. The molecule has 1 aromatic heterocycles.